The maximum atomic E-state index is 13.1. The normalized spacial score (nSPS) is 15.1. The lowest BCUT2D eigenvalue weighted by atomic mass is 9.79. The molecule has 0 saturated heterocycles. The third-order valence-corrected chi connectivity index (χ3v) is 7.69. The average molecular weight is 599 g/mol. The molecule has 0 unspecified atom stereocenters. The van der Waals surface area contributed by atoms with Crippen molar-refractivity contribution in [2.75, 3.05) is 13.7 Å². The summed E-state index contributed by atoms with van der Waals surface area (Å²) in [4.78, 5) is 30.7. The van der Waals surface area contributed by atoms with Crippen LogP contribution in [0.3, 0.4) is 0 Å². The number of nitrogens with one attached hydrogen (secondary N) is 2. The highest BCUT2D eigenvalue weighted by Crippen LogP contribution is 2.34. The van der Waals surface area contributed by atoms with Gasteiger partial charge >= 0.3 is 7.12 Å². The number of methoxy groups -OCH3 is 1. The topological polar surface area (TPSA) is 140 Å². The lowest BCUT2D eigenvalue weighted by molar-refractivity contribution is -0.126. The summed E-state index contributed by atoms with van der Waals surface area (Å²) in [5, 5.41) is 24.7. The molecule has 13 heteroatoms. The van der Waals surface area contributed by atoms with E-state index < -0.39 is 13.2 Å². The Balaban J connectivity index is 1.20. The van der Waals surface area contributed by atoms with Crippen molar-refractivity contribution in [3.63, 3.8) is 0 Å². The fourth-order valence-electron chi connectivity index (χ4n) is 5.24. The first-order valence-corrected chi connectivity index (χ1v) is 14.1. The summed E-state index contributed by atoms with van der Waals surface area (Å²) in [6.07, 6.45) is -0.0592. The van der Waals surface area contributed by atoms with E-state index in [9.17, 15) is 14.6 Å². The molecular weight excluding hydrogens is 571 g/mol. The zero-order valence-corrected chi connectivity index (χ0v) is 24.3. The van der Waals surface area contributed by atoms with Gasteiger partial charge < -0.3 is 25.0 Å². The second kappa shape index (κ2) is 12.0. The molecule has 3 heterocycles. The highest BCUT2D eigenvalue weighted by atomic mass is 35.5. The Hall–Kier alpha value is -4.52. The van der Waals surface area contributed by atoms with Crippen LogP contribution >= 0.6 is 11.6 Å². The number of nitrogens with zero attached hydrogens (tertiary/aromatic N) is 4. The average Bonchev–Trinajstić information content (AvgIpc) is 3.55. The van der Waals surface area contributed by atoms with Gasteiger partial charge in [0.1, 0.15) is 17.6 Å². The number of benzene rings is 3. The molecule has 0 spiro atoms. The number of halogens is 1. The Labute approximate surface area is 253 Å². The van der Waals surface area contributed by atoms with Gasteiger partial charge in [-0.3, -0.25) is 19.1 Å². The molecule has 3 N–H and O–H groups in total. The number of aromatic nitrogens is 3. The van der Waals surface area contributed by atoms with Gasteiger partial charge in [0.15, 0.2) is 5.82 Å². The number of carbonyl (C=O) groups is 2. The van der Waals surface area contributed by atoms with Crippen molar-refractivity contribution >= 4 is 41.7 Å². The SMILES string of the molecule is COc1ccc2c(c1)C(c1ccc(Cl)cc1)=N[C@@H](CC(=O)NCC(=O)NCc1ccc3c(c1)B(O)OC3)c1nnc(C)n1-2. The summed E-state index contributed by atoms with van der Waals surface area (Å²) >= 11 is 6.17. The summed E-state index contributed by atoms with van der Waals surface area (Å²) < 4.78 is 12.6. The van der Waals surface area contributed by atoms with E-state index in [1.807, 2.05) is 54.0 Å². The Bertz CT molecular complexity index is 1740. The van der Waals surface area contributed by atoms with E-state index in [-0.39, 0.29) is 31.3 Å². The number of hydrogen-bond acceptors (Lipinski definition) is 8. The van der Waals surface area contributed by atoms with Crippen LogP contribution in [0.1, 0.15) is 46.4 Å². The molecule has 4 aromatic rings. The minimum absolute atomic E-state index is 0.0592. The summed E-state index contributed by atoms with van der Waals surface area (Å²) in [6.45, 7) is 2.24. The van der Waals surface area contributed by atoms with Crippen LogP contribution in [0.4, 0.5) is 0 Å². The summed E-state index contributed by atoms with van der Waals surface area (Å²) in [5.41, 5.74) is 5.49. The second-order valence-electron chi connectivity index (χ2n) is 10.3. The molecule has 11 nitrogen and oxygen atoms in total. The Morgan fingerprint density at radius 2 is 1.91 bits per heavy atom. The highest BCUT2D eigenvalue weighted by molar-refractivity contribution is 6.61. The molecule has 0 bridgehead atoms. The van der Waals surface area contributed by atoms with Gasteiger partial charge in [-0.2, -0.15) is 0 Å². The van der Waals surface area contributed by atoms with Crippen LogP contribution in [0.5, 0.6) is 5.75 Å². The van der Waals surface area contributed by atoms with E-state index in [1.54, 1.807) is 25.3 Å². The number of hydrogen-bond donors (Lipinski definition) is 3. The Kier molecular flexibility index (Phi) is 7.98. The zero-order chi connectivity index (χ0) is 30.1. The van der Waals surface area contributed by atoms with E-state index in [0.29, 0.717) is 40.2 Å². The van der Waals surface area contributed by atoms with E-state index in [4.69, 9.17) is 26.0 Å². The van der Waals surface area contributed by atoms with Crippen molar-refractivity contribution in [1.29, 1.82) is 0 Å². The van der Waals surface area contributed by atoms with Crippen LogP contribution in [0, 0.1) is 6.92 Å². The van der Waals surface area contributed by atoms with E-state index in [2.05, 4.69) is 20.8 Å². The number of ether oxygens (including phenoxy) is 1. The lowest BCUT2D eigenvalue weighted by Gasteiger charge is -2.14. The molecule has 6 rings (SSSR count). The zero-order valence-electron chi connectivity index (χ0n) is 23.5. The molecule has 0 aliphatic carbocycles. The van der Waals surface area contributed by atoms with Crippen molar-refractivity contribution in [1.82, 2.24) is 25.4 Å². The maximum Gasteiger partial charge on any atom is 0.491 e. The number of amides is 2. The predicted octanol–water partition coefficient (Wildman–Crippen LogP) is 2.17. The summed E-state index contributed by atoms with van der Waals surface area (Å²) in [5.74, 6) is 1.09. The van der Waals surface area contributed by atoms with Crippen LogP contribution in [0.2, 0.25) is 5.02 Å². The molecule has 218 valence electrons. The predicted molar refractivity (Wildman–Crippen MR) is 161 cm³/mol. The van der Waals surface area contributed by atoms with Gasteiger partial charge in [-0.25, -0.2) is 0 Å². The molecule has 2 aliphatic rings. The fraction of sp³-hybridized carbons (Fsp3) is 0.233. The summed E-state index contributed by atoms with van der Waals surface area (Å²) in [6, 6.07) is 17.8. The lowest BCUT2D eigenvalue weighted by Crippen LogP contribution is -2.37. The maximum absolute atomic E-state index is 13.1. The monoisotopic (exact) mass is 598 g/mol. The summed E-state index contributed by atoms with van der Waals surface area (Å²) in [7, 11) is 0.641. The fourth-order valence-corrected chi connectivity index (χ4v) is 5.37. The third kappa shape index (κ3) is 5.89. The minimum Gasteiger partial charge on any atom is -0.497 e. The number of carbonyl (C=O) groups excluding carboxylic acids is 2. The Morgan fingerprint density at radius 3 is 2.70 bits per heavy atom. The van der Waals surface area contributed by atoms with Crippen LogP contribution in [-0.2, 0) is 27.4 Å². The number of aliphatic imine (C=N–C) groups is 1. The molecule has 43 heavy (non-hydrogen) atoms. The van der Waals surface area contributed by atoms with Gasteiger partial charge in [0.25, 0.3) is 0 Å². The first-order chi connectivity index (χ1) is 20.8. The van der Waals surface area contributed by atoms with Gasteiger partial charge in [0.2, 0.25) is 11.8 Å². The largest absolute Gasteiger partial charge is 0.497 e. The van der Waals surface area contributed by atoms with Crippen LogP contribution in [-0.4, -0.2) is 58.1 Å². The van der Waals surface area contributed by atoms with Crippen molar-refractivity contribution in [3.05, 3.63) is 99.6 Å². The van der Waals surface area contributed by atoms with Crippen molar-refractivity contribution in [2.45, 2.75) is 32.5 Å². The van der Waals surface area contributed by atoms with Gasteiger partial charge in [-0.1, -0.05) is 41.9 Å². The van der Waals surface area contributed by atoms with Gasteiger partial charge in [0.05, 0.1) is 38.1 Å². The molecule has 0 fully saturated rings. The highest BCUT2D eigenvalue weighted by Gasteiger charge is 2.30. The van der Waals surface area contributed by atoms with E-state index >= 15 is 0 Å². The van der Waals surface area contributed by atoms with Crippen LogP contribution in [0.25, 0.3) is 5.69 Å². The van der Waals surface area contributed by atoms with Gasteiger partial charge in [-0.15, -0.1) is 10.2 Å². The second-order valence-corrected chi connectivity index (χ2v) is 10.7. The molecule has 1 aromatic heterocycles. The molecule has 0 saturated carbocycles. The Morgan fingerprint density at radius 1 is 1.09 bits per heavy atom. The van der Waals surface area contributed by atoms with Crippen molar-refractivity contribution in [2.24, 2.45) is 4.99 Å². The molecule has 2 amide bonds. The third-order valence-electron chi connectivity index (χ3n) is 7.44. The number of fused-ring (bicyclic) bond motifs is 4. The van der Waals surface area contributed by atoms with Crippen molar-refractivity contribution < 1.29 is 24.0 Å². The first kappa shape index (κ1) is 28.6. The van der Waals surface area contributed by atoms with Crippen LogP contribution in [0.15, 0.2) is 65.7 Å². The standard InChI is InChI=1S/C30H28BClN6O5/c1-17-36-37-30-25(13-27(39)34-15-28(40)33-14-18-3-4-20-16-43-31(41)24(20)11-18)35-29(19-5-7-21(32)8-6-19)23-12-22(42-2)9-10-26(23)38(17)30/h3-12,25,41H,13-16H2,1-2H3,(H,33,40)(H,34,39)/t25-/m0/s1. The number of rotatable bonds is 8. The molecule has 1 atom stereocenters. The van der Waals surface area contributed by atoms with Crippen LogP contribution < -0.4 is 20.8 Å². The van der Waals surface area contributed by atoms with Crippen molar-refractivity contribution in [3.8, 4) is 11.4 Å². The minimum atomic E-state index is -0.957. The quantitative estimate of drug-likeness (QED) is 0.264. The molecule has 0 radical (unpaired) electrons. The molecule has 3 aromatic carbocycles. The molecule has 2 aliphatic heterocycles. The number of aryl methyl sites for hydroxylation is 1. The van der Waals surface area contributed by atoms with Gasteiger partial charge in [-0.05, 0) is 53.8 Å². The van der Waals surface area contributed by atoms with E-state index in [0.717, 1.165) is 27.9 Å². The first-order valence-electron chi connectivity index (χ1n) is 13.7. The molecular formula is C30H28BClN6O5. The van der Waals surface area contributed by atoms with E-state index in [1.165, 1.54) is 0 Å². The smallest absolute Gasteiger partial charge is 0.491 e. The van der Waals surface area contributed by atoms with Gasteiger partial charge in [0, 0.05) is 22.7 Å².